The van der Waals surface area contributed by atoms with Crippen LogP contribution in [0.3, 0.4) is 0 Å². The van der Waals surface area contributed by atoms with E-state index in [1.807, 2.05) is 18.2 Å². The van der Waals surface area contributed by atoms with Gasteiger partial charge in [0.2, 0.25) is 0 Å². The second-order valence-corrected chi connectivity index (χ2v) is 4.96. The smallest absolute Gasteiger partial charge is 0.128 e. The number of methoxy groups -OCH3 is 1. The van der Waals surface area contributed by atoms with E-state index in [0.717, 1.165) is 0 Å². The number of benzene rings is 2. The Balaban J connectivity index is 2.30. The van der Waals surface area contributed by atoms with Crippen LogP contribution in [-0.4, -0.2) is 20.3 Å². The van der Waals surface area contributed by atoms with Crippen LogP contribution in [0, 0.1) is 5.82 Å². The molecule has 0 spiro atoms. The Morgan fingerprint density at radius 2 is 1.90 bits per heavy atom. The second kappa shape index (κ2) is 7.41. The summed E-state index contributed by atoms with van der Waals surface area (Å²) in [6, 6.07) is 11.0. The van der Waals surface area contributed by atoms with E-state index in [1.54, 1.807) is 13.2 Å². The van der Waals surface area contributed by atoms with Gasteiger partial charge in [0.25, 0.3) is 0 Å². The maximum Gasteiger partial charge on any atom is 0.128 e. The molecule has 2 aromatic rings. The molecule has 0 aliphatic rings. The molecular formula is C16H17ClFNO2. The number of para-hydroxylation sites is 1. The lowest BCUT2D eigenvalue weighted by Crippen LogP contribution is -2.16. The van der Waals surface area contributed by atoms with Gasteiger partial charge in [0, 0.05) is 23.3 Å². The van der Waals surface area contributed by atoms with E-state index < -0.39 is 11.9 Å². The van der Waals surface area contributed by atoms with Crippen LogP contribution in [0.1, 0.15) is 17.2 Å². The molecule has 1 unspecified atom stereocenters. The van der Waals surface area contributed by atoms with Gasteiger partial charge in [0.05, 0.1) is 12.6 Å². The highest BCUT2D eigenvalue weighted by Gasteiger charge is 2.17. The molecule has 0 aliphatic carbocycles. The van der Waals surface area contributed by atoms with Gasteiger partial charge >= 0.3 is 0 Å². The van der Waals surface area contributed by atoms with E-state index in [0.29, 0.717) is 35.1 Å². The maximum absolute atomic E-state index is 13.9. The fourth-order valence-electron chi connectivity index (χ4n) is 2.02. The third kappa shape index (κ3) is 3.94. The van der Waals surface area contributed by atoms with E-state index in [9.17, 15) is 4.39 Å². The summed E-state index contributed by atoms with van der Waals surface area (Å²) >= 11 is 5.92. The van der Waals surface area contributed by atoms with Crippen molar-refractivity contribution in [2.75, 3.05) is 20.3 Å². The molecule has 3 nitrogen and oxygen atoms in total. The lowest BCUT2D eigenvalue weighted by Gasteiger charge is -2.18. The van der Waals surface area contributed by atoms with Crippen molar-refractivity contribution < 1.29 is 13.9 Å². The van der Waals surface area contributed by atoms with E-state index in [1.165, 1.54) is 18.2 Å². The van der Waals surface area contributed by atoms with Crippen molar-refractivity contribution in [1.82, 2.24) is 0 Å². The molecule has 21 heavy (non-hydrogen) atoms. The Morgan fingerprint density at radius 1 is 1.14 bits per heavy atom. The van der Waals surface area contributed by atoms with Gasteiger partial charge in [-0.05, 0) is 24.3 Å². The minimum atomic E-state index is -0.651. The molecule has 0 radical (unpaired) electrons. The Hall–Kier alpha value is -1.62. The number of ether oxygens (including phenoxy) is 2. The van der Waals surface area contributed by atoms with E-state index in [-0.39, 0.29) is 0 Å². The summed E-state index contributed by atoms with van der Waals surface area (Å²) in [7, 11) is 1.60. The Labute approximate surface area is 128 Å². The molecule has 0 bridgehead atoms. The summed E-state index contributed by atoms with van der Waals surface area (Å²) in [6.45, 7) is 0.868. The van der Waals surface area contributed by atoms with Gasteiger partial charge in [-0.2, -0.15) is 0 Å². The van der Waals surface area contributed by atoms with Gasteiger partial charge < -0.3 is 15.2 Å². The van der Waals surface area contributed by atoms with Crippen molar-refractivity contribution in [3.63, 3.8) is 0 Å². The summed E-state index contributed by atoms with van der Waals surface area (Å²) in [5, 5.41) is 0.444. The van der Waals surface area contributed by atoms with E-state index >= 15 is 0 Å². The third-order valence-electron chi connectivity index (χ3n) is 3.09. The highest BCUT2D eigenvalue weighted by atomic mass is 35.5. The topological polar surface area (TPSA) is 44.5 Å². The molecular weight excluding hydrogens is 293 g/mol. The number of nitrogens with two attached hydrogens (primary N) is 1. The predicted molar refractivity (Wildman–Crippen MR) is 81.3 cm³/mol. The Kier molecular flexibility index (Phi) is 5.56. The van der Waals surface area contributed by atoms with Crippen molar-refractivity contribution in [1.29, 1.82) is 0 Å². The molecule has 0 fully saturated rings. The largest absolute Gasteiger partial charge is 0.491 e. The van der Waals surface area contributed by atoms with Crippen molar-refractivity contribution in [2.45, 2.75) is 6.04 Å². The van der Waals surface area contributed by atoms with Gasteiger partial charge in [-0.1, -0.05) is 29.8 Å². The quantitative estimate of drug-likeness (QED) is 0.830. The lowest BCUT2D eigenvalue weighted by molar-refractivity contribution is 0.145. The van der Waals surface area contributed by atoms with Crippen LogP contribution in [0.2, 0.25) is 5.02 Å². The minimum Gasteiger partial charge on any atom is -0.491 e. The minimum absolute atomic E-state index is 0.338. The number of hydrogen-bond donors (Lipinski definition) is 1. The second-order valence-electron chi connectivity index (χ2n) is 4.52. The summed E-state index contributed by atoms with van der Waals surface area (Å²) in [6.07, 6.45) is 0. The predicted octanol–water partition coefficient (Wildman–Crippen LogP) is 3.55. The first-order valence-electron chi connectivity index (χ1n) is 6.54. The standard InChI is InChI=1S/C16H17ClFNO2/c1-20-8-9-21-15-5-3-2-4-12(15)16(19)13-10-11(17)6-7-14(13)18/h2-7,10,16H,8-9,19H2,1H3. The first-order valence-corrected chi connectivity index (χ1v) is 6.92. The summed E-state index contributed by atoms with van der Waals surface area (Å²) in [5.74, 6) is 0.222. The highest BCUT2D eigenvalue weighted by molar-refractivity contribution is 6.30. The third-order valence-corrected chi connectivity index (χ3v) is 3.33. The number of rotatable bonds is 6. The number of halogens is 2. The molecule has 0 aliphatic heterocycles. The Morgan fingerprint density at radius 3 is 2.67 bits per heavy atom. The van der Waals surface area contributed by atoms with Crippen LogP contribution in [0.5, 0.6) is 5.75 Å². The van der Waals surface area contributed by atoms with E-state index in [4.69, 9.17) is 26.8 Å². The summed E-state index contributed by atoms with van der Waals surface area (Å²) in [5.41, 5.74) is 7.22. The molecule has 0 aromatic heterocycles. The zero-order valence-electron chi connectivity index (χ0n) is 11.7. The normalized spacial score (nSPS) is 12.2. The van der Waals surface area contributed by atoms with Gasteiger partial charge in [-0.25, -0.2) is 4.39 Å². The van der Waals surface area contributed by atoms with Crippen LogP contribution in [-0.2, 0) is 4.74 Å². The summed E-state index contributed by atoms with van der Waals surface area (Å²) in [4.78, 5) is 0. The average molecular weight is 310 g/mol. The highest BCUT2D eigenvalue weighted by Crippen LogP contribution is 2.30. The van der Waals surface area contributed by atoms with Crippen molar-refractivity contribution in [3.8, 4) is 5.75 Å². The SMILES string of the molecule is COCCOc1ccccc1C(N)c1cc(Cl)ccc1F. The maximum atomic E-state index is 13.9. The molecule has 0 saturated carbocycles. The van der Waals surface area contributed by atoms with Crippen LogP contribution >= 0.6 is 11.6 Å². The van der Waals surface area contributed by atoms with Gasteiger partial charge in [-0.15, -0.1) is 0 Å². The number of hydrogen-bond acceptors (Lipinski definition) is 3. The first kappa shape index (κ1) is 15.8. The fraction of sp³-hybridized carbons (Fsp3) is 0.250. The molecule has 0 amide bonds. The molecule has 2 aromatic carbocycles. The molecule has 5 heteroatoms. The van der Waals surface area contributed by atoms with Crippen LogP contribution in [0.15, 0.2) is 42.5 Å². The van der Waals surface area contributed by atoms with Crippen molar-refractivity contribution in [3.05, 3.63) is 64.4 Å². The van der Waals surface area contributed by atoms with Crippen molar-refractivity contribution in [2.24, 2.45) is 5.73 Å². The van der Waals surface area contributed by atoms with Crippen LogP contribution < -0.4 is 10.5 Å². The molecule has 1 atom stereocenters. The van der Waals surface area contributed by atoms with Gasteiger partial charge in [0.1, 0.15) is 18.2 Å². The first-order chi connectivity index (χ1) is 10.1. The molecule has 2 rings (SSSR count). The van der Waals surface area contributed by atoms with Gasteiger partial charge in [-0.3, -0.25) is 0 Å². The molecule has 0 saturated heterocycles. The molecule has 2 N–H and O–H groups in total. The van der Waals surface area contributed by atoms with Crippen LogP contribution in [0.4, 0.5) is 4.39 Å². The van der Waals surface area contributed by atoms with Crippen LogP contribution in [0.25, 0.3) is 0 Å². The Bertz CT molecular complexity index is 607. The zero-order chi connectivity index (χ0) is 15.2. The van der Waals surface area contributed by atoms with E-state index in [2.05, 4.69) is 0 Å². The monoisotopic (exact) mass is 309 g/mol. The molecule has 112 valence electrons. The average Bonchev–Trinajstić information content (AvgIpc) is 2.50. The van der Waals surface area contributed by atoms with Gasteiger partial charge in [0.15, 0.2) is 0 Å². The molecule has 0 heterocycles. The summed E-state index contributed by atoms with van der Waals surface area (Å²) < 4.78 is 24.5. The van der Waals surface area contributed by atoms with Crippen molar-refractivity contribution >= 4 is 11.6 Å². The fourth-order valence-corrected chi connectivity index (χ4v) is 2.20. The zero-order valence-corrected chi connectivity index (χ0v) is 12.4. The lowest BCUT2D eigenvalue weighted by atomic mass is 9.98.